The van der Waals surface area contributed by atoms with E-state index in [1.165, 1.54) is 34.4 Å². The molecule has 10 heteroatoms. The van der Waals surface area contributed by atoms with E-state index in [-0.39, 0.29) is 52.1 Å². The average Bonchev–Trinajstić information content (AvgIpc) is 3.42. The number of para-hydroxylation sites is 1. The molecule has 4 aromatic rings. The Bertz CT molecular complexity index is 1880. The van der Waals surface area contributed by atoms with Gasteiger partial charge in [0, 0.05) is 17.3 Å². The number of nitrogens with one attached hydrogen (secondary N) is 1. The topological polar surface area (TPSA) is 95.9 Å². The fourth-order valence-corrected chi connectivity index (χ4v) is 9.09. The molecule has 1 atom stereocenters. The van der Waals surface area contributed by atoms with Crippen LogP contribution in [0.15, 0.2) is 88.1 Å². The van der Waals surface area contributed by atoms with Gasteiger partial charge in [-0.15, -0.1) is 0 Å². The van der Waals surface area contributed by atoms with E-state index in [1.807, 2.05) is 61.9 Å². The lowest BCUT2D eigenvalue weighted by Gasteiger charge is -2.37. The fraction of sp³-hybridized carbons (Fsp3) is 0.265. The van der Waals surface area contributed by atoms with Crippen LogP contribution in [0.5, 0.6) is 11.5 Å². The Morgan fingerprint density at radius 1 is 1.14 bits per heavy atom. The predicted octanol–water partition coefficient (Wildman–Crippen LogP) is 7.28. The summed E-state index contributed by atoms with van der Waals surface area (Å²) < 4.78 is 50.4. The molecule has 0 bridgehead atoms. The van der Waals surface area contributed by atoms with E-state index in [2.05, 4.69) is 5.32 Å². The molecule has 0 saturated carbocycles. The summed E-state index contributed by atoms with van der Waals surface area (Å²) in [5.41, 5.74) is 2.76. The minimum Gasteiger partial charge on any atom is -0.506 e. The number of carbonyl (C=O) groups is 1. The molecule has 0 aliphatic carbocycles. The van der Waals surface area contributed by atoms with Crippen molar-refractivity contribution in [2.75, 3.05) is 16.0 Å². The van der Waals surface area contributed by atoms with Crippen molar-refractivity contribution in [3.63, 3.8) is 0 Å². The number of rotatable bonds is 6. The summed E-state index contributed by atoms with van der Waals surface area (Å²) in [4.78, 5) is 15.7. The maximum absolute atomic E-state index is 16.3. The molecule has 3 heterocycles. The van der Waals surface area contributed by atoms with Gasteiger partial charge in [-0.3, -0.25) is 9.69 Å². The fourth-order valence-electron chi connectivity index (χ4n) is 6.08. The first-order valence-electron chi connectivity index (χ1n) is 14.3. The van der Waals surface area contributed by atoms with Gasteiger partial charge in [0.15, 0.2) is 9.84 Å². The van der Waals surface area contributed by atoms with Gasteiger partial charge < -0.3 is 15.2 Å². The minimum atomic E-state index is -4.01. The number of hydrogen-bond donors (Lipinski definition) is 2. The van der Waals surface area contributed by atoms with E-state index in [0.717, 1.165) is 16.7 Å². The number of hydrogen-bond acceptors (Lipinski definition) is 7. The molecule has 3 aromatic carbocycles. The summed E-state index contributed by atoms with van der Waals surface area (Å²) in [6.07, 6.45) is 0.255. The van der Waals surface area contributed by atoms with Gasteiger partial charge in [0.25, 0.3) is 0 Å². The van der Waals surface area contributed by atoms with Gasteiger partial charge in [-0.05, 0) is 76.5 Å². The molecule has 0 spiro atoms. The Balaban J connectivity index is 1.54. The van der Waals surface area contributed by atoms with Crippen LogP contribution < -0.4 is 15.0 Å². The van der Waals surface area contributed by atoms with E-state index in [1.54, 1.807) is 18.2 Å². The normalized spacial score (nSPS) is 18.5. The molecule has 44 heavy (non-hydrogen) atoms. The van der Waals surface area contributed by atoms with Crippen LogP contribution in [-0.4, -0.2) is 25.2 Å². The van der Waals surface area contributed by atoms with Crippen LogP contribution in [0, 0.1) is 18.2 Å². The number of phenolic OH excluding ortho intramolecular Hbond substituents is 1. The van der Waals surface area contributed by atoms with Crippen molar-refractivity contribution in [3.8, 4) is 11.5 Å². The highest BCUT2D eigenvalue weighted by Gasteiger charge is 2.47. The van der Waals surface area contributed by atoms with Crippen LogP contribution in [0.3, 0.4) is 0 Å². The van der Waals surface area contributed by atoms with Gasteiger partial charge in [0.2, 0.25) is 5.91 Å². The average molecular weight is 633 g/mol. The molecule has 1 amide bonds. The first kappa shape index (κ1) is 29.9. The van der Waals surface area contributed by atoms with Crippen LogP contribution in [0.25, 0.3) is 0 Å². The smallest absolute Gasteiger partial charge is 0.232 e. The van der Waals surface area contributed by atoms with Crippen LogP contribution in [0.1, 0.15) is 48.6 Å². The zero-order valence-corrected chi connectivity index (χ0v) is 26.3. The van der Waals surface area contributed by atoms with Crippen molar-refractivity contribution in [1.82, 2.24) is 0 Å². The second kappa shape index (κ2) is 11.4. The van der Waals surface area contributed by atoms with Crippen molar-refractivity contribution in [3.05, 3.63) is 116 Å². The number of ether oxygens (including phenoxy) is 1. The second-order valence-electron chi connectivity index (χ2n) is 12.1. The van der Waals surface area contributed by atoms with Crippen LogP contribution in [0.4, 0.5) is 15.8 Å². The number of benzene rings is 3. The standard InChI is InChI=1S/C34H33FN2O5S2/c1-21-7-4-5-8-23(21)15-30(39)37-28-9-6-10-29(38)31(28)36-27-17-34(2,3)20-44(40,41)33(27)32(37)25-12-11-24(16-26(25)35)42-18-22-13-14-43-19-22/h4-14,16,19,32,36,38H,15,17-18,20H2,1-3H3. The Morgan fingerprint density at radius 3 is 2.66 bits per heavy atom. The first-order chi connectivity index (χ1) is 20.9. The molecule has 228 valence electrons. The Labute approximate surface area is 260 Å². The monoisotopic (exact) mass is 632 g/mol. The maximum atomic E-state index is 16.3. The zero-order chi connectivity index (χ0) is 31.2. The molecule has 6 rings (SSSR count). The van der Waals surface area contributed by atoms with Crippen molar-refractivity contribution >= 4 is 38.5 Å². The number of halogens is 1. The third kappa shape index (κ3) is 5.71. The highest BCUT2D eigenvalue weighted by Crippen LogP contribution is 2.51. The third-order valence-corrected chi connectivity index (χ3v) is 11.1. The van der Waals surface area contributed by atoms with Crippen LogP contribution in [0.2, 0.25) is 0 Å². The Morgan fingerprint density at radius 2 is 1.93 bits per heavy atom. The number of anilines is 2. The molecule has 1 aromatic heterocycles. The van der Waals surface area contributed by atoms with Crippen molar-refractivity contribution in [1.29, 1.82) is 0 Å². The molecule has 0 radical (unpaired) electrons. The second-order valence-corrected chi connectivity index (χ2v) is 14.9. The van der Waals surface area contributed by atoms with Gasteiger partial charge in [0.1, 0.15) is 35.7 Å². The molecule has 2 aliphatic rings. The lowest BCUT2D eigenvalue weighted by Crippen LogP contribution is -2.42. The number of aryl methyl sites for hydroxylation is 1. The van der Waals surface area contributed by atoms with Gasteiger partial charge in [-0.1, -0.05) is 44.2 Å². The third-order valence-electron chi connectivity index (χ3n) is 8.05. The van der Waals surface area contributed by atoms with E-state index in [4.69, 9.17) is 4.74 Å². The van der Waals surface area contributed by atoms with Gasteiger partial charge >= 0.3 is 0 Å². The lowest BCUT2D eigenvalue weighted by molar-refractivity contribution is -0.118. The highest BCUT2D eigenvalue weighted by molar-refractivity contribution is 7.95. The number of phenols is 1. The Kier molecular flexibility index (Phi) is 7.75. The van der Waals surface area contributed by atoms with Gasteiger partial charge in [-0.2, -0.15) is 11.3 Å². The van der Waals surface area contributed by atoms with E-state index < -0.39 is 33.0 Å². The number of amides is 1. The number of allylic oxidation sites excluding steroid dienone is 1. The molecular weight excluding hydrogens is 600 g/mol. The van der Waals surface area contributed by atoms with Crippen molar-refractivity contribution in [2.45, 2.75) is 46.3 Å². The molecule has 1 unspecified atom stereocenters. The van der Waals surface area contributed by atoms with Gasteiger partial charge in [-0.25, -0.2) is 12.8 Å². The predicted molar refractivity (Wildman–Crippen MR) is 171 cm³/mol. The van der Waals surface area contributed by atoms with E-state index >= 15 is 4.39 Å². The molecular formula is C34H33FN2O5S2. The SMILES string of the molecule is Cc1ccccc1CC(=O)N1c2cccc(O)c2NC2=C(C1c1ccc(OCc3ccsc3)cc1F)S(=O)(=O)CC(C)(C)C2. The molecule has 0 saturated heterocycles. The summed E-state index contributed by atoms with van der Waals surface area (Å²) in [7, 11) is -4.01. The summed E-state index contributed by atoms with van der Waals surface area (Å²) >= 11 is 1.53. The molecule has 2 aliphatic heterocycles. The van der Waals surface area contributed by atoms with E-state index in [9.17, 15) is 18.3 Å². The number of sulfone groups is 1. The molecule has 2 N–H and O–H groups in total. The Hall–Kier alpha value is -4.15. The molecule has 0 fully saturated rings. The van der Waals surface area contributed by atoms with Crippen LogP contribution in [-0.2, 0) is 27.7 Å². The minimum absolute atomic E-state index is 0.0137. The zero-order valence-electron chi connectivity index (χ0n) is 24.6. The summed E-state index contributed by atoms with van der Waals surface area (Å²) in [6, 6.07) is 17.0. The van der Waals surface area contributed by atoms with Crippen molar-refractivity contribution in [2.24, 2.45) is 5.41 Å². The molecule has 7 nitrogen and oxygen atoms in total. The number of carbonyl (C=O) groups excluding carboxylic acids is 1. The lowest BCUT2D eigenvalue weighted by atomic mass is 9.88. The number of thiophene rings is 1. The summed E-state index contributed by atoms with van der Waals surface area (Å²) in [6.45, 7) is 5.85. The maximum Gasteiger partial charge on any atom is 0.232 e. The highest BCUT2D eigenvalue weighted by atomic mass is 32.2. The summed E-state index contributed by atoms with van der Waals surface area (Å²) in [5, 5.41) is 18.0. The largest absolute Gasteiger partial charge is 0.506 e. The number of fused-ring (bicyclic) bond motifs is 1. The number of aromatic hydroxyl groups is 1. The van der Waals surface area contributed by atoms with E-state index in [0.29, 0.717) is 12.1 Å². The number of nitrogens with zero attached hydrogens (tertiary/aromatic N) is 1. The van der Waals surface area contributed by atoms with Crippen molar-refractivity contribution < 1.29 is 27.4 Å². The quantitative estimate of drug-likeness (QED) is 0.217. The first-order valence-corrected chi connectivity index (χ1v) is 16.9. The van der Waals surface area contributed by atoms with Crippen LogP contribution >= 0.6 is 11.3 Å². The summed E-state index contributed by atoms with van der Waals surface area (Å²) in [5.74, 6) is -1.20. The van der Waals surface area contributed by atoms with Gasteiger partial charge in [0.05, 0.1) is 22.8 Å².